The smallest absolute Gasteiger partial charge is 0.180 e. The highest BCUT2D eigenvalue weighted by atomic mass is 32.1. The molecule has 0 bridgehead atoms. The van der Waals surface area contributed by atoms with Crippen molar-refractivity contribution in [2.45, 2.75) is 31.3 Å². The van der Waals surface area contributed by atoms with Crippen molar-refractivity contribution < 1.29 is 5.11 Å². The molecule has 1 aliphatic rings. The van der Waals surface area contributed by atoms with Crippen LogP contribution in [0.5, 0.6) is 0 Å². The van der Waals surface area contributed by atoms with Crippen LogP contribution in [0.15, 0.2) is 30.5 Å². The van der Waals surface area contributed by atoms with Gasteiger partial charge in [-0.05, 0) is 36.8 Å². The standard InChI is InChI=1S/C14H16N2OS/c15-13-16-9-12(18-13)14(17)8-4-3-6-10-5-1-2-7-11(10)14/h1-2,5,7,9,17H,3-4,6,8H2,(H2,15,16). The number of hydrogen-bond donors (Lipinski definition) is 2. The molecule has 0 aliphatic heterocycles. The van der Waals surface area contributed by atoms with Crippen LogP contribution in [0, 0.1) is 0 Å². The minimum absolute atomic E-state index is 0.514. The molecule has 0 saturated carbocycles. The number of nitrogens with zero attached hydrogens (tertiary/aromatic N) is 1. The Bertz CT molecular complexity index is 566. The summed E-state index contributed by atoms with van der Waals surface area (Å²) < 4.78 is 0. The molecule has 1 heterocycles. The first-order valence-electron chi connectivity index (χ1n) is 6.23. The van der Waals surface area contributed by atoms with Gasteiger partial charge in [-0.1, -0.05) is 35.6 Å². The third kappa shape index (κ3) is 1.82. The Labute approximate surface area is 110 Å². The maximum Gasteiger partial charge on any atom is 0.180 e. The molecule has 1 aliphatic carbocycles. The van der Waals surface area contributed by atoms with Crippen molar-refractivity contribution in [2.24, 2.45) is 0 Å². The number of anilines is 1. The lowest BCUT2D eigenvalue weighted by atomic mass is 9.87. The van der Waals surface area contributed by atoms with Crippen LogP contribution in [-0.2, 0) is 12.0 Å². The maximum absolute atomic E-state index is 11.1. The van der Waals surface area contributed by atoms with Gasteiger partial charge in [-0.15, -0.1) is 0 Å². The van der Waals surface area contributed by atoms with Crippen molar-refractivity contribution in [1.29, 1.82) is 0 Å². The fourth-order valence-corrected chi connectivity index (χ4v) is 3.52. The fraction of sp³-hybridized carbons (Fsp3) is 0.357. The number of nitrogen functional groups attached to an aromatic ring is 1. The molecule has 2 aromatic rings. The molecule has 1 unspecified atom stereocenters. The molecule has 1 aromatic heterocycles. The van der Waals surface area contributed by atoms with Gasteiger partial charge in [0.05, 0.1) is 4.88 Å². The molecule has 1 atom stereocenters. The second-order valence-electron chi connectivity index (χ2n) is 4.79. The Morgan fingerprint density at radius 2 is 2.11 bits per heavy atom. The zero-order valence-electron chi connectivity index (χ0n) is 10.1. The van der Waals surface area contributed by atoms with E-state index >= 15 is 0 Å². The Morgan fingerprint density at radius 1 is 1.28 bits per heavy atom. The van der Waals surface area contributed by atoms with E-state index in [0.717, 1.165) is 36.1 Å². The maximum atomic E-state index is 11.1. The van der Waals surface area contributed by atoms with Gasteiger partial charge >= 0.3 is 0 Å². The number of hydrogen-bond acceptors (Lipinski definition) is 4. The topological polar surface area (TPSA) is 59.1 Å². The predicted octanol–water partition coefficient (Wildman–Crippen LogP) is 2.69. The fourth-order valence-electron chi connectivity index (χ4n) is 2.71. The first kappa shape index (κ1) is 11.7. The van der Waals surface area contributed by atoms with Crippen LogP contribution in [0.2, 0.25) is 0 Å². The lowest BCUT2D eigenvalue weighted by molar-refractivity contribution is 0.0740. The summed E-state index contributed by atoms with van der Waals surface area (Å²) in [5.74, 6) is 0. The quantitative estimate of drug-likeness (QED) is 0.775. The molecular formula is C14H16N2OS. The summed E-state index contributed by atoms with van der Waals surface area (Å²) in [6.07, 6.45) is 5.62. The largest absolute Gasteiger partial charge is 0.379 e. The number of thiazole rings is 1. The summed E-state index contributed by atoms with van der Waals surface area (Å²) >= 11 is 1.38. The Kier molecular flexibility index (Phi) is 2.84. The van der Waals surface area contributed by atoms with E-state index in [2.05, 4.69) is 11.1 Å². The van der Waals surface area contributed by atoms with E-state index in [0.29, 0.717) is 5.13 Å². The molecule has 0 fully saturated rings. The van der Waals surface area contributed by atoms with E-state index in [-0.39, 0.29) is 0 Å². The van der Waals surface area contributed by atoms with Gasteiger partial charge in [0.15, 0.2) is 5.13 Å². The average molecular weight is 260 g/mol. The summed E-state index contributed by atoms with van der Waals surface area (Å²) in [7, 11) is 0. The van der Waals surface area contributed by atoms with E-state index in [1.165, 1.54) is 16.9 Å². The molecule has 0 amide bonds. The first-order chi connectivity index (χ1) is 8.70. The highest BCUT2D eigenvalue weighted by Crippen LogP contribution is 2.41. The summed E-state index contributed by atoms with van der Waals surface area (Å²) in [4.78, 5) is 4.93. The zero-order chi connectivity index (χ0) is 12.6. The minimum Gasteiger partial charge on any atom is -0.379 e. The Hall–Kier alpha value is -1.39. The number of aromatic nitrogens is 1. The molecule has 18 heavy (non-hydrogen) atoms. The van der Waals surface area contributed by atoms with Crippen LogP contribution in [0.25, 0.3) is 0 Å². The molecule has 0 radical (unpaired) electrons. The predicted molar refractivity (Wildman–Crippen MR) is 73.5 cm³/mol. The molecular weight excluding hydrogens is 244 g/mol. The van der Waals surface area contributed by atoms with E-state index < -0.39 is 5.60 Å². The lowest BCUT2D eigenvalue weighted by Crippen LogP contribution is -2.26. The average Bonchev–Trinajstić information content (AvgIpc) is 2.74. The molecule has 1 aromatic carbocycles. The van der Waals surface area contributed by atoms with E-state index in [1.54, 1.807) is 6.20 Å². The third-order valence-electron chi connectivity index (χ3n) is 3.63. The molecule has 0 spiro atoms. The highest BCUT2D eigenvalue weighted by Gasteiger charge is 2.36. The molecule has 0 saturated heterocycles. The normalized spacial score (nSPS) is 23.4. The van der Waals surface area contributed by atoms with Crippen LogP contribution >= 0.6 is 11.3 Å². The van der Waals surface area contributed by atoms with Crippen molar-refractivity contribution >= 4 is 16.5 Å². The highest BCUT2D eigenvalue weighted by molar-refractivity contribution is 7.15. The number of aryl methyl sites for hydroxylation is 1. The minimum atomic E-state index is -0.914. The molecule has 94 valence electrons. The summed E-state index contributed by atoms with van der Waals surface area (Å²) in [6.45, 7) is 0. The van der Waals surface area contributed by atoms with Gasteiger partial charge in [-0.3, -0.25) is 0 Å². The molecule has 3 rings (SSSR count). The van der Waals surface area contributed by atoms with Gasteiger partial charge in [0, 0.05) is 6.20 Å². The van der Waals surface area contributed by atoms with Crippen molar-refractivity contribution in [1.82, 2.24) is 4.98 Å². The van der Waals surface area contributed by atoms with Gasteiger partial charge in [-0.2, -0.15) is 0 Å². The molecule has 3 nitrogen and oxygen atoms in total. The van der Waals surface area contributed by atoms with Gasteiger partial charge in [0.2, 0.25) is 0 Å². The van der Waals surface area contributed by atoms with Crippen molar-refractivity contribution in [3.8, 4) is 0 Å². The molecule has 4 heteroatoms. The van der Waals surface area contributed by atoms with Crippen molar-refractivity contribution in [2.75, 3.05) is 5.73 Å². The SMILES string of the molecule is Nc1ncc(C2(O)CCCCc3ccccc32)s1. The van der Waals surface area contributed by atoms with Gasteiger partial charge in [0.25, 0.3) is 0 Å². The summed E-state index contributed by atoms with van der Waals surface area (Å²) in [6, 6.07) is 8.15. The first-order valence-corrected chi connectivity index (χ1v) is 7.04. The van der Waals surface area contributed by atoms with Gasteiger partial charge in [-0.25, -0.2) is 4.98 Å². The lowest BCUT2D eigenvalue weighted by Gasteiger charge is -2.27. The molecule has 3 N–H and O–H groups in total. The number of fused-ring (bicyclic) bond motifs is 1. The van der Waals surface area contributed by atoms with E-state index in [1.807, 2.05) is 18.2 Å². The van der Waals surface area contributed by atoms with E-state index in [4.69, 9.17) is 5.73 Å². The second-order valence-corrected chi connectivity index (χ2v) is 5.85. The Morgan fingerprint density at radius 3 is 2.89 bits per heavy atom. The number of aliphatic hydroxyl groups is 1. The van der Waals surface area contributed by atoms with Gasteiger partial charge < -0.3 is 10.8 Å². The van der Waals surface area contributed by atoms with Crippen LogP contribution in [-0.4, -0.2) is 10.1 Å². The second kappa shape index (κ2) is 4.37. The van der Waals surface area contributed by atoms with Crippen LogP contribution in [0.3, 0.4) is 0 Å². The Balaban J connectivity index is 2.16. The van der Waals surface area contributed by atoms with E-state index in [9.17, 15) is 5.11 Å². The van der Waals surface area contributed by atoms with Crippen LogP contribution in [0.4, 0.5) is 5.13 Å². The monoisotopic (exact) mass is 260 g/mol. The number of rotatable bonds is 1. The number of benzene rings is 1. The van der Waals surface area contributed by atoms with Crippen LogP contribution < -0.4 is 5.73 Å². The summed E-state index contributed by atoms with van der Waals surface area (Å²) in [5.41, 5.74) is 7.05. The van der Waals surface area contributed by atoms with Crippen molar-refractivity contribution in [3.63, 3.8) is 0 Å². The van der Waals surface area contributed by atoms with Crippen molar-refractivity contribution in [3.05, 3.63) is 46.5 Å². The van der Waals surface area contributed by atoms with Gasteiger partial charge in [0.1, 0.15) is 5.60 Å². The van der Waals surface area contributed by atoms with Crippen LogP contribution in [0.1, 0.15) is 35.3 Å². The zero-order valence-corrected chi connectivity index (χ0v) is 10.9. The number of nitrogens with two attached hydrogens (primary N) is 1. The summed E-state index contributed by atoms with van der Waals surface area (Å²) in [5, 5.41) is 11.6. The third-order valence-corrected chi connectivity index (χ3v) is 4.61.